The maximum Gasteiger partial charge on any atom is 0.253 e. The molecule has 0 radical (unpaired) electrons. The number of aromatic nitrogens is 13. The first-order chi connectivity index (χ1) is 60.3. The fraction of sp³-hybridized carbons (Fsp3) is 0.468. The van der Waals surface area contributed by atoms with E-state index in [4.69, 9.17) is 0 Å². The molecule has 10 heterocycles. The van der Waals surface area contributed by atoms with Crippen molar-refractivity contribution in [2.75, 3.05) is 7.05 Å². The van der Waals surface area contributed by atoms with Crippen molar-refractivity contribution in [2.24, 2.45) is 85.1 Å². The van der Waals surface area contributed by atoms with Gasteiger partial charge in [0.15, 0.2) is 0 Å². The van der Waals surface area contributed by atoms with E-state index in [1.54, 1.807) is 72.8 Å². The van der Waals surface area contributed by atoms with Crippen LogP contribution in [0.5, 0.6) is 0 Å². The number of nitrogens with zero attached hydrogens (tertiary/aromatic N) is 14. The standard InChI is InChI=1S/C11H17N.C11H16.2C10H15NO.C10H14.3C9H13N.4C8H12N2/c1-9(2)7-11-6-5-10(3)12(4)8-11;1-9(2)10(3)11-7-5-4-6-8-11;1-8(2)6-9-4-5-11(3)10(12)7-9;1-8(2)7-9-5-4-6-11(3)10(9)12;1-9(2)8-10-6-4-3-5-7-10;2*1-8(2)6-9-4-3-5-10-7-9;1-8(2)7-9-5-3-4-6-10-9;1-7(2)3-8-4-9-6-10-5-8;1-7(2)5-8-6-9-3-4-10-8;1-7(2)6-8-9-4-3-5-10-8;1-7(2)6-8-4-3-5-9-10-8/h5-6,8-9H,3,7H2,1-2,4H3;4-10H,1-3H3;4-5,7-8H,6H2,1-3H3;4-6,8H,7H2,1-3H3;3-7,9H,8H2,1-2H3;2*3-5,7-8H,6H2,1-2H3;3-6,8H,7H2,1-2H3;4-7H,3H2,1-2H3;3-4,6-7H,5H2,1-2H3;2*3-5,7H,6H2,1-2H3. The van der Waals surface area contributed by atoms with Gasteiger partial charge in [-0.05, 0) is 241 Å². The van der Waals surface area contributed by atoms with E-state index in [2.05, 4.69) is 337 Å². The van der Waals surface area contributed by atoms with Crippen molar-refractivity contribution < 1.29 is 0 Å². The minimum atomic E-state index is 0.0770. The second kappa shape index (κ2) is 69.3. The molecule has 1 aliphatic heterocycles. The van der Waals surface area contributed by atoms with Gasteiger partial charge in [-0.2, -0.15) is 10.2 Å². The molecule has 16 heteroatoms. The summed E-state index contributed by atoms with van der Waals surface area (Å²) < 4.78 is 3.21. The molecule has 690 valence electrons. The molecule has 0 saturated carbocycles. The van der Waals surface area contributed by atoms with Crippen molar-refractivity contribution in [1.82, 2.24) is 69.1 Å². The Hall–Kier alpha value is -10.9. The van der Waals surface area contributed by atoms with Crippen LogP contribution >= 0.6 is 0 Å². The lowest BCUT2D eigenvalue weighted by atomic mass is 9.91. The van der Waals surface area contributed by atoms with Gasteiger partial charge in [0.1, 0.15) is 12.2 Å². The van der Waals surface area contributed by atoms with Crippen LogP contribution in [0, 0.1) is 71.0 Å². The third-order valence-corrected chi connectivity index (χ3v) is 18.4. The first kappa shape index (κ1) is 114. The highest BCUT2D eigenvalue weighted by Crippen LogP contribution is 2.23. The Morgan fingerprint density at radius 2 is 0.764 bits per heavy atom. The van der Waals surface area contributed by atoms with Gasteiger partial charge >= 0.3 is 0 Å². The van der Waals surface area contributed by atoms with E-state index >= 15 is 0 Å². The SMILES string of the molecule is C=C1C=CC(CC(C)C)=CN1C.CC(C)C(C)c1ccccc1.CC(C)Cc1ccccc1.CC(C)Cc1ccccn1.CC(C)Cc1cccn(C)c1=O.CC(C)Cc1cccnc1.CC(C)Cc1cccnc1.CC(C)Cc1cccnn1.CC(C)Cc1ccn(C)c(=O)c1.CC(C)Cc1cnccn1.CC(C)Cc1cncnc1.CC(C)Cc1ncccn1. The maximum absolute atomic E-state index is 11.5. The van der Waals surface area contributed by atoms with E-state index in [-0.39, 0.29) is 11.1 Å². The molecule has 1 unspecified atom stereocenters. The van der Waals surface area contributed by atoms with Crippen molar-refractivity contribution in [3.8, 4) is 0 Å². The first-order valence-corrected chi connectivity index (χ1v) is 46.2. The lowest BCUT2D eigenvalue weighted by Gasteiger charge is -2.20. The molecule has 1 atom stereocenters. The Kier molecular flexibility index (Phi) is 62.3. The van der Waals surface area contributed by atoms with Crippen molar-refractivity contribution in [3.05, 3.63) is 364 Å². The summed E-state index contributed by atoms with van der Waals surface area (Å²) in [5.74, 6) is 9.80. The van der Waals surface area contributed by atoms with Crippen molar-refractivity contribution in [3.63, 3.8) is 0 Å². The van der Waals surface area contributed by atoms with Crippen LogP contribution in [-0.4, -0.2) is 76.1 Å². The summed E-state index contributed by atoms with van der Waals surface area (Å²) in [7, 11) is 5.58. The number of rotatable bonds is 24. The minimum Gasteiger partial charge on any atom is -0.351 e. The Bertz CT molecular complexity index is 4090. The number of likely N-dealkylation sites (N-methyl/N-ethyl adjacent to an activating group) is 1. The van der Waals surface area contributed by atoms with Crippen LogP contribution in [0.2, 0.25) is 0 Å². The molecule has 11 aromatic rings. The molecule has 0 spiro atoms. The van der Waals surface area contributed by atoms with Crippen LogP contribution in [0.1, 0.15) is 247 Å². The van der Waals surface area contributed by atoms with Gasteiger partial charge in [0, 0.05) is 150 Å². The van der Waals surface area contributed by atoms with Gasteiger partial charge < -0.3 is 14.0 Å². The molecule has 0 aliphatic carbocycles. The number of benzene rings is 2. The average Bonchev–Trinajstić information content (AvgIpc) is 0.871. The van der Waals surface area contributed by atoms with Gasteiger partial charge in [0.2, 0.25) is 0 Å². The summed E-state index contributed by atoms with van der Waals surface area (Å²) >= 11 is 0. The summed E-state index contributed by atoms with van der Waals surface area (Å²) in [4.78, 5) is 61.2. The molecule has 0 bridgehead atoms. The van der Waals surface area contributed by atoms with Crippen LogP contribution in [0.3, 0.4) is 0 Å². The first-order valence-electron chi connectivity index (χ1n) is 46.2. The quantitative estimate of drug-likeness (QED) is 0.0555. The molecule has 12 rings (SSSR count). The molecule has 127 heavy (non-hydrogen) atoms. The molecule has 0 saturated heterocycles. The average molecular weight is 1730 g/mol. The highest BCUT2D eigenvalue weighted by molar-refractivity contribution is 5.32. The van der Waals surface area contributed by atoms with Crippen LogP contribution in [-0.2, 0) is 78.3 Å². The second-order valence-electron chi connectivity index (χ2n) is 37.4. The minimum absolute atomic E-state index is 0.0770. The van der Waals surface area contributed by atoms with Gasteiger partial charge in [-0.15, -0.1) is 0 Å². The monoisotopic (exact) mass is 1730 g/mol. The number of allylic oxidation sites excluding steroid dienone is 3. The third kappa shape index (κ3) is 62.8. The Morgan fingerprint density at radius 3 is 1.22 bits per heavy atom. The molecular weight excluding hydrogens is 1560 g/mol. The zero-order chi connectivity index (χ0) is 94.9. The van der Waals surface area contributed by atoms with Gasteiger partial charge in [-0.1, -0.05) is 271 Å². The zero-order valence-electron chi connectivity index (χ0n) is 83.4. The predicted octanol–water partition coefficient (Wildman–Crippen LogP) is 26.0. The number of aryl methyl sites for hydroxylation is 2. The van der Waals surface area contributed by atoms with Gasteiger partial charge in [-0.3, -0.25) is 34.5 Å². The highest BCUT2D eigenvalue weighted by atomic mass is 16.1. The zero-order valence-corrected chi connectivity index (χ0v) is 83.4. The molecular formula is C111H164N14O2. The molecule has 0 fully saturated rings. The van der Waals surface area contributed by atoms with Crippen LogP contribution < -0.4 is 11.1 Å². The molecule has 2 aromatic carbocycles. The summed E-state index contributed by atoms with van der Waals surface area (Å²) in [5.41, 5.74) is 14.8. The van der Waals surface area contributed by atoms with Gasteiger partial charge in [0.05, 0.1) is 11.4 Å². The number of hydrogen-bond acceptors (Lipinski definition) is 14. The smallest absolute Gasteiger partial charge is 0.253 e. The fourth-order valence-electron chi connectivity index (χ4n) is 12.3. The van der Waals surface area contributed by atoms with Crippen LogP contribution in [0.4, 0.5) is 0 Å². The Morgan fingerprint density at radius 1 is 0.323 bits per heavy atom. The van der Waals surface area contributed by atoms with E-state index in [0.717, 1.165) is 128 Å². The number of pyridine rings is 5. The molecule has 0 N–H and O–H groups in total. The van der Waals surface area contributed by atoms with Crippen molar-refractivity contribution >= 4 is 0 Å². The maximum atomic E-state index is 11.5. The lowest BCUT2D eigenvalue weighted by molar-refractivity contribution is 0.535. The number of hydrogen-bond donors (Lipinski definition) is 0. The van der Waals surface area contributed by atoms with E-state index in [9.17, 15) is 9.59 Å². The Balaban J connectivity index is 0.000000693. The lowest BCUT2D eigenvalue weighted by Crippen LogP contribution is -2.20. The van der Waals surface area contributed by atoms with Gasteiger partial charge in [0.25, 0.3) is 11.1 Å². The molecule has 0 amide bonds. The highest BCUT2D eigenvalue weighted by Gasteiger charge is 2.10. The summed E-state index contributed by atoms with van der Waals surface area (Å²) in [5, 5.41) is 7.76. The summed E-state index contributed by atoms with van der Waals surface area (Å²) in [6.07, 6.45) is 46.7. The summed E-state index contributed by atoms with van der Waals surface area (Å²) in [6, 6.07) is 48.8. The fourth-order valence-corrected chi connectivity index (χ4v) is 12.3. The van der Waals surface area contributed by atoms with Crippen LogP contribution in [0.15, 0.2) is 291 Å². The summed E-state index contributed by atoms with van der Waals surface area (Å²) in [6.45, 7) is 58.9. The normalized spacial score (nSPS) is 11.3. The Labute approximate surface area is 769 Å². The largest absolute Gasteiger partial charge is 0.351 e. The second-order valence-corrected chi connectivity index (χ2v) is 37.4. The topological polar surface area (TPSA) is 189 Å². The van der Waals surface area contributed by atoms with E-state index in [0.29, 0.717) is 47.3 Å². The van der Waals surface area contributed by atoms with Crippen LogP contribution in [0.25, 0.3) is 0 Å². The van der Waals surface area contributed by atoms with E-state index in [1.165, 1.54) is 45.5 Å². The van der Waals surface area contributed by atoms with Crippen molar-refractivity contribution in [1.29, 1.82) is 0 Å². The van der Waals surface area contributed by atoms with E-state index in [1.807, 2.05) is 123 Å². The van der Waals surface area contributed by atoms with Gasteiger partial charge in [-0.25, -0.2) is 19.9 Å². The molecule has 9 aromatic heterocycles. The predicted molar refractivity (Wildman–Crippen MR) is 539 cm³/mol. The third-order valence-electron chi connectivity index (χ3n) is 18.4. The molecule has 1 aliphatic rings. The van der Waals surface area contributed by atoms with Crippen molar-refractivity contribution in [2.45, 2.75) is 250 Å². The van der Waals surface area contributed by atoms with E-state index < -0.39 is 0 Å². The molecule has 16 nitrogen and oxygen atoms in total.